The third-order valence-electron chi connectivity index (χ3n) is 7.85. The summed E-state index contributed by atoms with van der Waals surface area (Å²) in [4.78, 5) is 27.0. The number of hydrogen-bond donors (Lipinski definition) is 7. The third-order valence-corrected chi connectivity index (χ3v) is 11.0. The molecule has 0 aromatic heterocycles. The van der Waals surface area contributed by atoms with Crippen molar-refractivity contribution in [3.63, 3.8) is 0 Å². The van der Waals surface area contributed by atoms with Crippen molar-refractivity contribution in [2.24, 2.45) is 5.41 Å². The van der Waals surface area contributed by atoms with Gasteiger partial charge in [-0.05, 0) is 0 Å². The van der Waals surface area contributed by atoms with E-state index < -0.39 is 60.8 Å². The zero-order valence-electron chi connectivity index (χ0n) is 27.6. The normalized spacial score (nSPS) is 15.0. The second-order valence-electron chi connectivity index (χ2n) is 16.0. The van der Waals surface area contributed by atoms with E-state index in [0.29, 0.717) is 22.3 Å². The van der Waals surface area contributed by atoms with Gasteiger partial charge in [0, 0.05) is 0 Å². The van der Waals surface area contributed by atoms with E-state index in [2.05, 4.69) is 0 Å². The molecule has 0 bridgehead atoms. The van der Waals surface area contributed by atoms with Gasteiger partial charge in [0.15, 0.2) is 0 Å². The first-order valence-electron chi connectivity index (χ1n) is 14.4. The Morgan fingerprint density at radius 3 is 0.952 bits per heavy atom. The molecule has 0 aliphatic rings. The van der Waals surface area contributed by atoms with Gasteiger partial charge in [0.05, 0.1) is 0 Å². The molecule has 2 aromatic rings. The average Bonchev–Trinajstić information content (AvgIpc) is 2.82. The molecule has 2 rings (SSSR count). The molecule has 0 amide bonds. The monoisotopic (exact) mass is 610 g/mol. The van der Waals surface area contributed by atoms with Gasteiger partial charge in [0.2, 0.25) is 0 Å². The summed E-state index contributed by atoms with van der Waals surface area (Å²) in [6, 6.07) is 6.08. The molecule has 0 spiro atoms. The molecule has 240 valence electrons. The van der Waals surface area contributed by atoms with Gasteiger partial charge in [-0.1, -0.05) is 0 Å². The molecule has 42 heavy (non-hydrogen) atoms. The maximum atomic E-state index is 13.5. The Labute approximate surface area is 252 Å². The topological polar surface area (TPSA) is 151 Å². The molecule has 0 atom stereocenters. The van der Waals surface area contributed by atoms with Gasteiger partial charge in [-0.25, -0.2) is 0 Å². The summed E-state index contributed by atoms with van der Waals surface area (Å²) in [7, 11) is -5.91. The fraction of sp³-hybridized carbons (Fsp3) is 0.636. The van der Waals surface area contributed by atoms with Crippen molar-refractivity contribution in [1.29, 1.82) is 0 Å². The molecule has 0 fully saturated rings. The van der Waals surface area contributed by atoms with Crippen LogP contribution in [0.5, 0.6) is 11.5 Å². The molecule has 0 saturated heterocycles. The van der Waals surface area contributed by atoms with E-state index in [-0.39, 0.29) is 22.1 Å². The van der Waals surface area contributed by atoms with Crippen LogP contribution < -0.4 is 10.6 Å². The fourth-order valence-electron chi connectivity index (χ4n) is 5.18. The van der Waals surface area contributed by atoms with Crippen molar-refractivity contribution in [3.8, 4) is 11.5 Å². The summed E-state index contributed by atoms with van der Waals surface area (Å²) < 4.78 is 6.45. The minimum absolute atomic E-state index is 0.0414. The molecule has 0 heterocycles. The van der Waals surface area contributed by atoms with Gasteiger partial charge in [0.25, 0.3) is 0 Å². The van der Waals surface area contributed by atoms with Crippen LogP contribution in [-0.4, -0.2) is 61.7 Å². The van der Waals surface area contributed by atoms with E-state index in [1.807, 2.05) is 83.1 Å². The van der Waals surface area contributed by atoms with Gasteiger partial charge in [0.1, 0.15) is 0 Å². The molecule has 2 aromatic carbocycles. The first kappa shape index (κ1) is 36.4. The van der Waals surface area contributed by atoms with Crippen molar-refractivity contribution in [2.75, 3.05) is 26.4 Å². The molecule has 0 unspecified atom stereocenters. The molecule has 9 heteroatoms. The molecule has 0 aliphatic heterocycles. The Morgan fingerprint density at radius 2 is 0.762 bits per heavy atom. The van der Waals surface area contributed by atoms with Crippen LogP contribution in [0.3, 0.4) is 0 Å². The number of rotatable bonds is 8. The second-order valence-corrected chi connectivity index (χ2v) is 19.0. The number of benzene rings is 2. The first-order chi connectivity index (χ1) is 18.7. The van der Waals surface area contributed by atoms with Crippen molar-refractivity contribution in [1.82, 2.24) is 0 Å². The van der Waals surface area contributed by atoms with Crippen molar-refractivity contribution in [3.05, 3.63) is 46.5 Å². The van der Waals surface area contributed by atoms with Gasteiger partial charge < -0.3 is 0 Å². The van der Waals surface area contributed by atoms with E-state index in [4.69, 9.17) is 4.52 Å². The SMILES string of the molecule is CC(C)(C)c1cc(O)cc(C(C)(C)C)c1P(O)(O)(OCC(CO)(CO)CO)c1c(C(C)(C)C)cc(O)cc1C(C)(C)C. The van der Waals surface area contributed by atoms with Crippen LogP contribution >= 0.6 is 7.28 Å². The van der Waals surface area contributed by atoms with Crippen LogP contribution in [0.25, 0.3) is 0 Å². The Bertz CT molecular complexity index is 1120. The number of phenols is 2. The van der Waals surface area contributed by atoms with Crippen molar-refractivity contribution >= 4 is 17.9 Å². The van der Waals surface area contributed by atoms with E-state index in [1.165, 1.54) is 24.3 Å². The Kier molecular flexibility index (Phi) is 9.80. The Morgan fingerprint density at radius 1 is 0.524 bits per heavy atom. The van der Waals surface area contributed by atoms with Crippen LogP contribution in [0.1, 0.15) is 105 Å². The molecule has 0 radical (unpaired) electrons. The maximum absolute atomic E-state index is 13.5. The third kappa shape index (κ3) is 6.96. The number of hydrogen-bond acceptors (Lipinski definition) is 8. The van der Waals surface area contributed by atoms with Gasteiger partial charge in [-0.3, -0.25) is 0 Å². The van der Waals surface area contributed by atoms with Crippen LogP contribution in [0, 0.1) is 5.41 Å². The summed E-state index contributed by atoms with van der Waals surface area (Å²) in [5.41, 5.74) is -2.64. The van der Waals surface area contributed by atoms with Gasteiger partial charge in [-0.15, -0.1) is 0 Å². The summed E-state index contributed by atoms with van der Waals surface area (Å²) in [6.45, 7) is 20.2. The summed E-state index contributed by atoms with van der Waals surface area (Å²) in [5.74, 6) is -0.0827. The molecule has 0 saturated carbocycles. The molecule has 8 nitrogen and oxygen atoms in total. The Balaban J connectivity index is 3.46. The van der Waals surface area contributed by atoms with E-state index >= 15 is 0 Å². The molecule has 7 N–H and O–H groups in total. The Hall–Kier alpha value is -1.77. The quantitative estimate of drug-likeness (QED) is 0.216. The van der Waals surface area contributed by atoms with Gasteiger partial charge in [-0.2, -0.15) is 0 Å². The van der Waals surface area contributed by atoms with Crippen LogP contribution in [-0.2, 0) is 26.2 Å². The molecular weight excluding hydrogens is 555 g/mol. The second kappa shape index (κ2) is 11.3. The van der Waals surface area contributed by atoms with Crippen molar-refractivity contribution in [2.45, 2.75) is 105 Å². The number of aliphatic hydroxyl groups is 3. The van der Waals surface area contributed by atoms with Gasteiger partial charge >= 0.3 is 252 Å². The first-order valence-corrected chi connectivity index (χ1v) is 16.5. The summed E-state index contributed by atoms with van der Waals surface area (Å²) >= 11 is 0. The summed E-state index contributed by atoms with van der Waals surface area (Å²) in [5, 5.41) is 52.6. The van der Waals surface area contributed by atoms with E-state index in [0.717, 1.165) is 0 Å². The van der Waals surface area contributed by atoms with Crippen LogP contribution in [0.2, 0.25) is 0 Å². The predicted octanol–water partition coefficient (Wildman–Crippen LogP) is 4.50. The number of aliphatic hydroxyl groups excluding tert-OH is 3. The fourth-order valence-corrected chi connectivity index (χ4v) is 9.52. The van der Waals surface area contributed by atoms with E-state index in [1.54, 1.807) is 0 Å². The van der Waals surface area contributed by atoms with E-state index in [9.17, 15) is 35.3 Å². The standard InChI is InChI=1S/C33H55O8P/c1-29(2,3)23-13-21(37)14-24(30(4,5)6)27(23)42(39,40,41-20-33(17-34,18-35)19-36)28-25(31(7,8)9)15-22(38)16-26(28)32(10,11)12/h13-16,34-40H,17-20H2,1-12H3. The van der Waals surface area contributed by atoms with Crippen LogP contribution in [0.15, 0.2) is 24.3 Å². The number of phenolic OH excluding ortho intramolecular Hbond substituents is 2. The molecule has 0 aliphatic carbocycles. The number of aromatic hydroxyl groups is 2. The minimum atomic E-state index is -5.91. The average molecular weight is 611 g/mol. The molecular formula is C33H55O8P. The predicted molar refractivity (Wildman–Crippen MR) is 171 cm³/mol. The zero-order valence-corrected chi connectivity index (χ0v) is 28.5. The zero-order chi connectivity index (χ0) is 32.9. The van der Waals surface area contributed by atoms with Crippen LogP contribution in [0.4, 0.5) is 0 Å². The van der Waals surface area contributed by atoms with Crippen molar-refractivity contribution < 1.29 is 39.8 Å². The summed E-state index contributed by atoms with van der Waals surface area (Å²) in [6.07, 6.45) is 0.